The topological polar surface area (TPSA) is 42.2 Å². The van der Waals surface area contributed by atoms with E-state index in [9.17, 15) is 4.79 Å². The van der Waals surface area contributed by atoms with E-state index < -0.39 is 0 Å². The van der Waals surface area contributed by atoms with Crippen molar-refractivity contribution in [3.63, 3.8) is 0 Å². The summed E-state index contributed by atoms with van der Waals surface area (Å²) in [5, 5.41) is 3.14. The molecule has 4 heteroatoms. The van der Waals surface area contributed by atoms with Gasteiger partial charge < -0.3 is 9.73 Å². The van der Waals surface area contributed by atoms with Gasteiger partial charge in [0.15, 0.2) is 0 Å². The van der Waals surface area contributed by atoms with E-state index in [2.05, 4.69) is 17.4 Å². The Labute approximate surface area is 122 Å². The van der Waals surface area contributed by atoms with E-state index in [0.29, 0.717) is 12.8 Å². The summed E-state index contributed by atoms with van der Waals surface area (Å²) in [7, 11) is 0. The first-order valence-corrected chi connectivity index (χ1v) is 7.85. The Morgan fingerprint density at radius 3 is 3.05 bits per heavy atom. The Hall–Kier alpha value is -1.68. The first-order valence-electron chi connectivity index (χ1n) is 6.86. The maximum atomic E-state index is 12.1. The second kappa shape index (κ2) is 6.18. The van der Waals surface area contributed by atoms with Crippen molar-refractivity contribution in [2.75, 3.05) is 5.75 Å². The number of rotatable bonds is 4. The number of thioether (sulfide) groups is 1. The minimum absolute atomic E-state index is 0.0908. The number of hydrogen-bond acceptors (Lipinski definition) is 3. The molecule has 0 saturated heterocycles. The lowest BCUT2D eigenvalue weighted by atomic mass is 10.0. The minimum atomic E-state index is 0.0908. The smallest absolute Gasteiger partial charge is 0.220 e. The van der Waals surface area contributed by atoms with E-state index in [0.717, 1.165) is 17.9 Å². The van der Waals surface area contributed by atoms with Crippen LogP contribution < -0.4 is 5.32 Å². The van der Waals surface area contributed by atoms with Crippen molar-refractivity contribution in [3.8, 4) is 0 Å². The molecular formula is C16H17NO2S. The van der Waals surface area contributed by atoms with Crippen LogP contribution in [0.1, 0.15) is 30.2 Å². The summed E-state index contributed by atoms with van der Waals surface area (Å²) in [5.74, 6) is 2.01. The molecule has 1 N–H and O–H groups in total. The van der Waals surface area contributed by atoms with Crippen LogP contribution in [0.25, 0.3) is 0 Å². The number of aryl methyl sites for hydroxylation is 1. The molecule has 0 saturated carbocycles. The van der Waals surface area contributed by atoms with Gasteiger partial charge in [0.1, 0.15) is 5.76 Å². The predicted octanol–water partition coefficient (Wildman–Crippen LogP) is 3.57. The van der Waals surface area contributed by atoms with Crippen molar-refractivity contribution in [1.29, 1.82) is 0 Å². The fraction of sp³-hybridized carbons (Fsp3) is 0.312. The molecule has 1 aromatic carbocycles. The fourth-order valence-corrected chi connectivity index (χ4v) is 3.58. The van der Waals surface area contributed by atoms with E-state index >= 15 is 0 Å². The average Bonchev–Trinajstić information content (AvgIpc) is 2.99. The van der Waals surface area contributed by atoms with Crippen LogP contribution in [0.5, 0.6) is 0 Å². The molecule has 1 aromatic heterocycles. The zero-order valence-electron chi connectivity index (χ0n) is 11.2. The molecule has 0 spiro atoms. The molecule has 0 unspecified atom stereocenters. The summed E-state index contributed by atoms with van der Waals surface area (Å²) in [6, 6.07) is 12.2. The number of fused-ring (bicyclic) bond motifs is 1. The maximum absolute atomic E-state index is 12.1. The number of carbonyl (C=O) groups is 1. The van der Waals surface area contributed by atoms with Crippen LogP contribution in [0.2, 0.25) is 0 Å². The highest BCUT2D eigenvalue weighted by molar-refractivity contribution is 7.99. The fourth-order valence-electron chi connectivity index (χ4n) is 2.45. The van der Waals surface area contributed by atoms with Crippen molar-refractivity contribution >= 4 is 17.7 Å². The molecule has 0 radical (unpaired) electrons. The molecular weight excluding hydrogens is 270 g/mol. The molecule has 3 nitrogen and oxygen atoms in total. The van der Waals surface area contributed by atoms with Crippen LogP contribution in [-0.4, -0.2) is 11.7 Å². The lowest BCUT2D eigenvalue weighted by Gasteiger charge is -2.25. The maximum Gasteiger partial charge on any atom is 0.220 e. The van der Waals surface area contributed by atoms with Crippen LogP contribution in [0.4, 0.5) is 0 Å². The van der Waals surface area contributed by atoms with E-state index in [1.165, 1.54) is 10.5 Å². The Kier molecular flexibility index (Phi) is 4.11. The third-order valence-corrected chi connectivity index (χ3v) is 4.59. The van der Waals surface area contributed by atoms with Gasteiger partial charge in [-0.05, 0) is 30.2 Å². The van der Waals surface area contributed by atoms with Gasteiger partial charge in [0, 0.05) is 23.5 Å². The van der Waals surface area contributed by atoms with Crippen LogP contribution >= 0.6 is 11.8 Å². The number of nitrogens with one attached hydrogen (secondary N) is 1. The van der Waals surface area contributed by atoms with Crippen molar-refractivity contribution in [1.82, 2.24) is 5.32 Å². The van der Waals surface area contributed by atoms with Gasteiger partial charge in [-0.3, -0.25) is 4.79 Å². The molecule has 0 fully saturated rings. The van der Waals surface area contributed by atoms with E-state index in [4.69, 9.17) is 4.42 Å². The van der Waals surface area contributed by atoms with Crippen molar-refractivity contribution in [2.45, 2.75) is 30.2 Å². The monoisotopic (exact) mass is 287 g/mol. The average molecular weight is 287 g/mol. The van der Waals surface area contributed by atoms with Crippen molar-refractivity contribution in [2.24, 2.45) is 0 Å². The molecule has 3 rings (SSSR count). The van der Waals surface area contributed by atoms with Gasteiger partial charge in [-0.15, -0.1) is 11.8 Å². The summed E-state index contributed by atoms with van der Waals surface area (Å²) in [6.07, 6.45) is 3.76. The van der Waals surface area contributed by atoms with E-state index in [1.54, 1.807) is 6.26 Å². The van der Waals surface area contributed by atoms with E-state index in [1.807, 2.05) is 36.0 Å². The van der Waals surface area contributed by atoms with Gasteiger partial charge in [0.05, 0.1) is 12.3 Å². The summed E-state index contributed by atoms with van der Waals surface area (Å²) >= 11 is 1.86. The van der Waals surface area contributed by atoms with Crippen LogP contribution in [0.15, 0.2) is 52.0 Å². The standard InChI is InChI=1S/C16H17NO2S/c18-16(8-7-12-4-3-10-19-12)17-14-9-11-20-15-6-2-1-5-13(14)15/h1-6,10,14H,7-9,11H2,(H,17,18)/t14-/m1/s1. The normalized spacial score (nSPS) is 17.5. The molecule has 1 aliphatic rings. The number of furan rings is 1. The van der Waals surface area contributed by atoms with Gasteiger partial charge in [0.25, 0.3) is 0 Å². The highest BCUT2D eigenvalue weighted by Gasteiger charge is 2.21. The molecule has 1 atom stereocenters. The quantitative estimate of drug-likeness (QED) is 0.935. The first kappa shape index (κ1) is 13.3. The molecule has 104 valence electrons. The van der Waals surface area contributed by atoms with Gasteiger partial charge in [0.2, 0.25) is 5.91 Å². The Morgan fingerprint density at radius 2 is 2.20 bits per heavy atom. The third-order valence-electron chi connectivity index (χ3n) is 3.47. The molecule has 1 amide bonds. The third kappa shape index (κ3) is 3.07. The lowest BCUT2D eigenvalue weighted by Crippen LogP contribution is -2.30. The molecule has 0 bridgehead atoms. The number of hydrogen-bond donors (Lipinski definition) is 1. The van der Waals surface area contributed by atoms with Crippen molar-refractivity contribution < 1.29 is 9.21 Å². The summed E-state index contributed by atoms with van der Waals surface area (Å²) in [6.45, 7) is 0. The largest absolute Gasteiger partial charge is 0.469 e. The number of amides is 1. The van der Waals surface area contributed by atoms with Gasteiger partial charge >= 0.3 is 0 Å². The van der Waals surface area contributed by atoms with Gasteiger partial charge in [-0.25, -0.2) is 0 Å². The van der Waals surface area contributed by atoms with Crippen LogP contribution in [0, 0.1) is 0 Å². The predicted molar refractivity (Wildman–Crippen MR) is 79.7 cm³/mol. The molecule has 0 aliphatic carbocycles. The molecule has 1 aliphatic heterocycles. The molecule has 20 heavy (non-hydrogen) atoms. The second-order valence-electron chi connectivity index (χ2n) is 4.87. The zero-order chi connectivity index (χ0) is 13.8. The lowest BCUT2D eigenvalue weighted by molar-refractivity contribution is -0.121. The van der Waals surface area contributed by atoms with Crippen molar-refractivity contribution in [3.05, 3.63) is 54.0 Å². The Bertz CT molecular complexity index is 580. The Balaban J connectivity index is 1.59. The van der Waals surface area contributed by atoms with Gasteiger partial charge in [-0.1, -0.05) is 18.2 Å². The summed E-state index contributed by atoms with van der Waals surface area (Å²) in [5.41, 5.74) is 1.25. The molecule has 2 heterocycles. The van der Waals surface area contributed by atoms with Gasteiger partial charge in [-0.2, -0.15) is 0 Å². The minimum Gasteiger partial charge on any atom is -0.469 e. The second-order valence-corrected chi connectivity index (χ2v) is 6.01. The highest BCUT2D eigenvalue weighted by atomic mass is 32.2. The summed E-state index contributed by atoms with van der Waals surface area (Å²) in [4.78, 5) is 13.3. The van der Waals surface area contributed by atoms with Crippen LogP contribution in [-0.2, 0) is 11.2 Å². The first-order chi connectivity index (χ1) is 9.83. The SMILES string of the molecule is O=C(CCc1ccco1)N[C@@H]1CCSc2ccccc21. The summed E-state index contributed by atoms with van der Waals surface area (Å²) < 4.78 is 5.25. The zero-order valence-corrected chi connectivity index (χ0v) is 12.0. The Morgan fingerprint density at radius 1 is 1.30 bits per heavy atom. The van der Waals surface area contributed by atoms with E-state index in [-0.39, 0.29) is 11.9 Å². The number of benzene rings is 1. The number of carbonyl (C=O) groups excluding carboxylic acids is 1. The molecule has 2 aromatic rings. The van der Waals surface area contributed by atoms with Crippen LogP contribution in [0.3, 0.4) is 0 Å². The highest BCUT2D eigenvalue weighted by Crippen LogP contribution is 2.35.